The van der Waals surface area contributed by atoms with Crippen LogP contribution < -0.4 is 0 Å². The number of hydrogen-bond acceptors (Lipinski definition) is 12. The molecule has 0 saturated carbocycles. The Morgan fingerprint density at radius 1 is 0.895 bits per heavy atom. The van der Waals surface area contributed by atoms with E-state index in [-0.39, 0.29) is 12.3 Å². The first kappa shape index (κ1) is 50.4. The summed E-state index contributed by atoms with van der Waals surface area (Å²) in [4.78, 5) is 13.2. The number of allylic oxidation sites excluding steroid dienone is 7. The summed E-state index contributed by atoms with van der Waals surface area (Å²) in [5, 5.41) is 55.0. The van der Waals surface area contributed by atoms with Gasteiger partial charge in [0, 0.05) is 40.4 Å². The molecule has 57 heavy (non-hydrogen) atoms. The molecule has 2 heterocycles. The standard InChI is InChI=1S/C45H72O12/c1-11-16-35(48)42(54-9)44-45(6,57-44)39(49)21-15-20-38-43(55-10)41(51)32(5)28-31(4)24-26-34(47)37(53-8)19-14-17-29(2)27-30(3)23-25-33(46)36(52-7)18-12-13-22-40(50)56-38/h12-13,15,18,20,22-29,32-39,41-44,46-49,51H,11,14,16-17,19,21H2,1-10H3. The molecule has 14 atom stereocenters. The van der Waals surface area contributed by atoms with E-state index in [9.17, 15) is 30.3 Å². The molecule has 14 unspecified atom stereocenters. The van der Waals surface area contributed by atoms with Crippen molar-refractivity contribution in [2.75, 3.05) is 28.4 Å². The van der Waals surface area contributed by atoms with Gasteiger partial charge >= 0.3 is 5.97 Å². The molecule has 0 aromatic heterocycles. The van der Waals surface area contributed by atoms with Crippen molar-refractivity contribution in [2.45, 2.75) is 153 Å². The lowest BCUT2D eigenvalue weighted by molar-refractivity contribution is -0.152. The molecular formula is C45H72O12. The minimum absolute atomic E-state index is 0.111. The predicted octanol–water partition coefficient (Wildman–Crippen LogP) is 5.24. The second kappa shape index (κ2) is 25.7. The first-order valence-electron chi connectivity index (χ1n) is 20.2. The Morgan fingerprint density at radius 2 is 1.56 bits per heavy atom. The number of methoxy groups -OCH3 is 4. The number of carbonyl (C=O) groups is 1. The summed E-state index contributed by atoms with van der Waals surface area (Å²) in [6, 6.07) is 0. The van der Waals surface area contributed by atoms with Crippen LogP contribution in [0.3, 0.4) is 0 Å². The Bertz CT molecular complexity index is 1400. The second-order valence-electron chi connectivity index (χ2n) is 15.6. The van der Waals surface area contributed by atoms with Crippen molar-refractivity contribution in [1.29, 1.82) is 0 Å². The molecule has 12 heteroatoms. The van der Waals surface area contributed by atoms with Crippen LogP contribution in [-0.2, 0) is 33.2 Å². The van der Waals surface area contributed by atoms with Crippen molar-refractivity contribution in [1.82, 2.24) is 0 Å². The van der Waals surface area contributed by atoms with Gasteiger partial charge in [-0.15, -0.1) is 0 Å². The summed E-state index contributed by atoms with van der Waals surface area (Å²) in [6.07, 6.45) is 14.9. The molecule has 324 valence electrons. The molecule has 0 radical (unpaired) electrons. The van der Waals surface area contributed by atoms with Crippen LogP contribution in [-0.4, -0.2) is 133 Å². The van der Waals surface area contributed by atoms with Crippen LogP contribution in [0.15, 0.2) is 84.1 Å². The number of esters is 1. The quantitative estimate of drug-likeness (QED) is 0.0987. The Kier molecular flexibility index (Phi) is 22.7. The van der Waals surface area contributed by atoms with E-state index in [1.165, 1.54) is 33.5 Å². The predicted molar refractivity (Wildman–Crippen MR) is 221 cm³/mol. The smallest absolute Gasteiger partial charge is 0.331 e. The Hall–Kier alpha value is -2.75. The summed E-state index contributed by atoms with van der Waals surface area (Å²) in [5.74, 6) is -0.927. The number of epoxide rings is 1. The van der Waals surface area contributed by atoms with Gasteiger partial charge in [-0.3, -0.25) is 0 Å². The van der Waals surface area contributed by atoms with Crippen molar-refractivity contribution >= 4 is 5.97 Å². The molecule has 2 aliphatic heterocycles. The first-order chi connectivity index (χ1) is 27.1. The largest absolute Gasteiger partial charge is 0.452 e. The molecule has 0 bridgehead atoms. The Balaban J connectivity index is 2.42. The number of hydrogen-bond donors (Lipinski definition) is 5. The van der Waals surface area contributed by atoms with Crippen molar-refractivity contribution in [3.8, 4) is 0 Å². The van der Waals surface area contributed by atoms with Gasteiger partial charge < -0.3 is 54.0 Å². The number of ether oxygens (including phenoxy) is 6. The van der Waals surface area contributed by atoms with E-state index in [1.807, 2.05) is 39.8 Å². The lowest BCUT2D eigenvalue weighted by atomic mass is 9.91. The zero-order valence-corrected chi connectivity index (χ0v) is 35.8. The minimum Gasteiger partial charge on any atom is -0.452 e. The monoisotopic (exact) mass is 805 g/mol. The number of carbonyl (C=O) groups excluding carboxylic acids is 1. The maximum Gasteiger partial charge on any atom is 0.331 e. The van der Waals surface area contributed by atoms with Crippen LogP contribution in [0, 0.1) is 11.8 Å². The highest BCUT2D eigenvalue weighted by atomic mass is 16.6. The maximum absolute atomic E-state index is 13.2. The molecule has 2 aliphatic rings. The average Bonchev–Trinajstić information content (AvgIpc) is 3.85. The normalized spacial score (nSPS) is 34.7. The van der Waals surface area contributed by atoms with Crippen LogP contribution >= 0.6 is 0 Å². The van der Waals surface area contributed by atoms with E-state index in [4.69, 9.17) is 28.4 Å². The lowest BCUT2D eigenvalue weighted by Crippen LogP contribution is -2.43. The zero-order chi connectivity index (χ0) is 42.7. The van der Waals surface area contributed by atoms with Crippen LogP contribution in [0.5, 0.6) is 0 Å². The van der Waals surface area contributed by atoms with Crippen LogP contribution in [0.25, 0.3) is 0 Å². The number of aliphatic hydroxyl groups is 5. The second-order valence-corrected chi connectivity index (χ2v) is 15.6. The molecule has 0 spiro atoms. The molecule has 1 fully saturated rings. The molecule has 0 aromatic rings. The molecule has 1 saturated heterocycles. The van der Waals surface area contributed by atoms with E-state index >= 15 is 0 Å². The fourth-order valence-corrected chi connectivity index (χ4v) is 7.17. The Morgan fingerprint density at radius 3 is 2.18 bits per heavy atom. The van der Waals surface area contributed by atoms with Gasteiger partial charge in [-0.2, -0.15) is 0 Å². The zero-order valence-electron chi connectivity index (χ0n) is 35.8. The van der Waals surface area contributed by atoms with Gasteiger partial charge in [-0.05, 0) is 58.4 Å². The summed E-state index contributed by atoms with van der Waals surface area (Å²) in [7, 11) is 5.99. The third kappa shape index (κ3) is 16.4. The van der Waals surface area contributed by atoms with Crippen LogP contribution in [0.2, 0.25) is 0 Å². The highest BCUT2D eigenvalue weighted by Crippen LogP contribution is 2.44. The molecule has 2 rings (SSSR count). The number of rotatable bonds is 12. The van der Waals surface area contributed by atoms with E-state index in [2.05, 4.69) is 13.0 Å². The van der Waals surface area contributed by atoms with Crippen molar-refractivity contribution < 1.29 is 58.7 Å². The van der Waals surface area contributed by atoms with Gasteiger partial charge in [0.1, 0.15) is 42.2 Å². The van der Waals surface area contributed by atoms with Gasteiger partial charge in [0.2, 0.25) is 0 Å². The van der Waals surface area contributed by atoms with Gasteiger partial charge in [0.25, 0.3) is 0 Å². The molecule has 5 N–H and O–H groups in total. The lowest BCUT2D eigenvalue weighted by Gasteiger charge is -2.30. The summed E-state index contributed by atoms with van der Waals surface area (Å²) < 4.78 is 34.1. The first-order valence-corrected chi connectivity index (χ1v) is 20.2. The minimum atomic E-state index is -1.14. The van der Waals surface area contributed by atoms with Gasteiger partial charge in [-0.1, -0.05) is 106 Å². The number of cyclic esters (lactones) is 1. The van der Waals surface area contributed by atoms with Crippen molar-refractivity contribution in [2.24, 2.45) is 11.8 Å². The molecular weight excluding hydrogens is 732 g/mol. The van der Waals surface area contributed by atoms with E-state index < -0.39 is 84.6 Å². The highest BCUT2D eigenvalue weighted by Gasteiger charge is 2.61. The summed E-state index contributed by atoms with van der Waals surface area (Å²) in [5.41, 5.74) is 0.821. The van der Waals surface area contributed by atoms with Crippen molar-refractivity contribution in [3.05, 3.63) is 84.1 Å². The summed E-state index contributed by atoms with van der Waals surface area (Å²) >= 11 is 0. The van der Waals surface area contributed by atoms with Gasteiger partial charge in [0.05, 0.1) is 30.5 Å². The topological polar surface area (TPSA) is 177 Å². The van der Waals surface area contributed by atoms with Gasteiger partial charge in [-0.25, -0.2) is 4.79 Å². The molecule has 12 nitrogen and oxygen atoms in total. The molecule has 0 aliphatic carbocycles. The average molecular weight is 805 g/mol. The van der Waals surface area contributed by atoms with E-state index in [0.29, 0.717) is 12.8 Å². The SMILES string of the molecule is CCCC(O)C(OC)C1OC1(C)C(O)CC=CC1OC(=O)C=CC=CC(OC)C(O)C=CC(C)=CC(C)CCCC(OC)C(O)C=CC(C)=CC(C)C(O)C1OC. The van der Waals surface area contributed by atoms with E-state index in [0.717, 1.165) is 30.4 Å². The molecule has 0 aromatic carbocycles. The van der Waals surface area contributed by atoms with Crippen molar-refractivity contribution in [3.63, 3.8) is 0 Å². The summed E-state index contributed by atoms with van der Waals surface area (Å²) in [6.45, 7) is 11.5. The fraction of sp³-hybridized carbons (Fsp3) is 0.667. The third-order valence-corrected chi connectivity index (χ3v) is 10.8. The van der Waals surface area contributed by atoms with Crippen LogP contribution in [0.4, 0.5) is 0 Å². The third-order valence-electron chi connectivity index (χ3n) is 10.8. The number of aliphatic hydroxyl groups excluding tert-OH is 5. The fourth-order valence-electron chi connectivity index (χ4n) is 7.17. The van der Waals surface area contributed by atoms with Crippen LogP contribution in [0.1, 0.15) is 80.1 Å². The highest BCUT2D eigenvalue weighted by molar-refractivity contribution is 5.82. The molecule has 0 amide bonds. The van der Waals surface area contributed by atoms with Gasteiger partial charge in [0.15, 0.2) is 0 Å². The van der Waals surface area contributed by atoms with E-state index in [1.54, 1.807) is 56.6 Å². The maximum atomic E-state index is 13.2. The Labute approximate surface area is 341 Å².